The zero-order valence-electron chi connectivity index (χ0n) is 25.8. The summed E-state index contributed by atoms with van der Waals surface area (Å²) in [5, 5.41) is 7.56. The molecule has 0 unspecified atom stereocenters. The summed E-state index contributed by atoms with van der Waals surface area (Å²) < 4.78 is 14.0. The Morgan fingerprint density at radius 1 is 0.375 bits per heavy atom. The third kappa shape index (κ3) is 4.08. The second-order valence-electron chi connectivity index (χ2n) is 12.4. The van der Waals surface area contributed by atoms with Gasteiger partial charge in [0.05, 0.1) is 11.3 Å². The molecular formula is C44H27O2PS. The van der Waals surface area contributed by atoms with Crippen LogP contribution >= 0.6 is 6.04 Å². The van der Waals surface area contributed by atoms with Gasteiger partial charge in [0, 0.05) is 21.4 Å². The van der Waals surface area contributed by atoms with Crippen molar-refractivity contribution in [2.24, 2.45) is 0 Å². The van der Waals surface area contributed by atoms with E-state index in [1.165, 1.54) is 11.1 Å². The van der Waals surface area contributed by atoms with Crippen molar-refractivity contribution >= 4 is 55.3 Å². The summed E-state index contributed by atoms with van der Waals surface area (Å²) >= 11 is 6.96. The summed E-state index contributed by atoms with van der Waals surface area (Å²) in [5.41, 5.74) is 6.74. The molecule has 48 heavy (non-hydrogen) atoms. The average Bonchev–Trinajstić information content (AvgIpc) is 3.15. The first-order valence-corrected chi connectivity index (χ1v) is 18.9. The van der Waals surface area contributed by atoms with E-state index in [-0.39, 0.29) is 0 Å². The van der Waals surface area contributed by atoms with Crippen LogP contribution in [0.25, 0.3) is 54.9 Å². The molecule has 8 aromatic carbocycles. The first kappa shape index (κ1) is 27.6. The third-order valence-corrected chi connectivity index (χ3v) is 14.5. The van der Waals surface area contributed by atoms with E-state index in [2.05, 4.69) is 164 Å². The Labute approximate surface area is 283 Å². The highest BCUT2D eigenvalue weighted by Crippen LogP contribution is 2.61. The molecule has 0 aromatic heterocycles. The van der Waals surface area contributed by atoms with E-state index in [1.807, 2.05) is 0 Å². The molecule has 226 valence electrons. The Bertz CT molecular complexity index is 2470. The minimum Gasteiger partial charge on any atom is -0.455 e. The third-order valence-electron chi connectivity index (χ3n) is 9.66. The molecule has 0 saturated heterocycles. The molecule has 2 nitrogen and oxygen atoms in total. The topological polar surface area (TPSA) is 18.5 Å². The summed E-state index contributed by atoms with van der Waals surface area (Å²) in [6.45, 7) is 0. The molecule has 0 radical (unpaired) electrons. The highest BCUT2D eigenvalue weighted by atomic mass is 32.4. The molecule has 2 heterocycles. The van der Waals surface area contributed by atoms with Gasteiger partial charge in [-0.1, -0.05) is 133 Å². The van der Waals surface area contributed by atoms with Crippen molar-refractivity contribution in [3.63, 3.8) is 0 Å². The average molecular weight is 651 g/mol. The molecule has 10 rings (SSSR count). The predicted molar refractivity (Wildman–Crippen MR) is 204 cm³/mol. The van der Waals surface area contributed by atoms with Gasteiger partial charge in [-0.3, -0.25) is 0 Å². The number of fused-ring (bicyclic) bond motifs is 8. The van der Waals surface area contributed by atoms with Crippen LogP contribution in [-0.2, 0) is 11.8 Å². The van der Waals surface area contributed by atoms with Gasteiger partial charge in [-0.05, 0) is 86.6 Å². The van der Waals surface area contributed by atoms with Gasteiger partial charge in [0.15, 0.2) is 0 Å². The first-order valence-electron chi connectivity index (χ1n) is 16.1. The minimum absolute atomic E-state index is 0.778. The SMILES string of the molecule is S=P12c3ccc4ccccc4c3Oc3cc(-c4cc(-c5ccccc5)cc(-c5ccccc5)c4)cc(c31)Oc1c2ccc2ccccc12. The molecule has 0 N–H and O–H groups in total. The second kappa shape index (κ2) is 10.5. The van der Waals surface area contributed by atoms with Gasteiger partial charge in [-0.25, -0.2) is 0 Å². The Hall–Kier alpha value is -5.47. The van der Waals surface area contributed by atoms with E-state index in [4.69, 9.17) is 21.3 Å². The van der Waals surface area contributed by atoms with Crippen LogP contribution in [0.5, 0.6) is 23.0 Å². The van der Waals surface area contributed by atoms with Crippen molar-refractivity contribution in [1.29, 1.82) is 0 Å². The van der Waals surface area contributed by atoms with Gasteiger partial charge >= 0.3 is 0 Å². The minimum atomic E-state index is -2.57. The Balaban J connectivity index is 1.26. The van der Waals surface area contributed by atoms with Gasteiger partial charge in [0.1, 0.15) is 23.0 Å². The van der Waals surface area contributed by atoms with Crippen LogP contribution in [0.3, 0.4) is 0 Å². The van der Waals surface area contributed by atoms with Crippen LogP contribution in [0.2, 0.25) is 0 Å². The van der Waals surface area contributed by atoms with E-state index in [0.29, 0.717) is 0 Å². The smallest absolute Gasteiger partial charge is 0.144 e. The zero-order valence-corrected chi connectivity index (χ0v) is 27.5. The number of ether oxygens (including phenoxy) is 2. The van der Waals surface area contributed by atoms with Crippen LogP contribution in [0.1, 0.15) is 0 Å². The molecule has 2 aliphatic heterocycles. The molecule has 0 fully saturated rings. The fourth-order valence-corrected chi connectivity index (χ4v) is 11.8. The van der Waals surface area contributed by atoms with Gasteiger partial charge in [-0.15, -0.1) is 0 Å². The van der Waals surface area contributed by atoms with Crippen LogP contribution in [0.4, 0.5) is 0 Å². The summed E-state index contributed by atoms with van der Waals surface area (Å²) in [7, 11) is 0. The Kier molecular flexibility index (Phi) is 6.05. The summed E-state index contributed by atoms with van der Waals surface area (Å²) in [6, 6.07) is 55.3. The van der Waals surface area contributed by atoms with Crippen molar-refractivity contribution in [2.75, 3.05) is 0 Å². The van der Waals surface area contributed by atoms with Crippen molar-refractivity contribution in [3.8, 4) is 56.4 Å². The van der Waals surface area contributed by atoms with Crippen LogP contribution in [0.15, 0.2) is 164 Å². The second-order valence-corrected chi connectivity index (χ2v) is 16.7. The monoisotopic (exact) mass is 650 g/mol. The molecule has 0 bridgehead atoms. The molecule has 0 aliphatic carbocycles. The maximum Gasteiger partial charge on any atom is 0.144 e. The fraction of sp³-hybridized carbons (Fsp3) is 0. The number of rotatable bonds is 3. The van der Waals surface area contributed by atoms with Crippen molar-refractivity contribution in [1.82, 2.24) is 0 Å². The Morgan fingerprint density at radius 2 is 0.771 bits per heavy atom. The molecular weight excluding hydrogens is 624 g/mol. The summed E-state index contributed by atoms with van der Waals surface area (Å²) in [5.74, 6) is 3.27. The van der Waals surface area contributed by atoms with Crippen LogP contribution < -0.4 is 25.4 Å². The molecule has 8 aromatic rings. The number of hydrogen-bond acceptors (Lipinski definition) is 3. The van der Waals surface area contributed by atoms with Crippen molar-refractivity contribution in [3.05, 3.63) is 164 Å². The normalized spacial score (nSPS) is 13.6. The quantitative estimate of drug-likeness (QED) is 0.177. The van der Waals surface area contributed by atoms with Crippen LogP contribution in [0, 0.1) is 0 Å². The molecule has 0 spiro atoms. The van der Waals surface area contributed by atoms with Gasteiger partial charge in [0.2, 0.25) is 0 Å². The number of benzene rings is 8. The van der Waals surface area contributed by atoms with Crippen molar-refractivity contribution in [2.45, 2.75) is 0 Å². The predicted octanol–water partition coefficient (Wildman–Crippen LogP) is 11.0. The molecule has 0 amide bonds. The van der Waals surface area contributed by atoms with Gasteiger partial charge in [-0.2, -0.15) is 0 Å². The molecule has 4 heteroatoms. The van der Waals surface area contributed by atoms with E-state index in [1.54, 1.807) is 0 Å². The van der Waals surface area contributed by atoms with E-state index in [0.717, 1.165) is 82.7 Å². The van der Waals surface area contributed by atoms with E-state index >= 15 is 0 Å². The zero-order chi connectivity index (χ0) is 31.8. The largest absolute Gasteiger partial charge is 0.455 e. The van der Waals surface area contributed by atoms with E-state index in [9.17, 15) is 0 Å². The van der Waals surface area contributed by atoms with Crippen LogP contribution in [-0.4, -0.2) is 0 Å². The molecule has 0 saturated carbocycles. The Morgan fingerprint density at radius 3 is 1.25 bits per heavy atom. The lowest BCUT2D eigenvalue weighted by molar-refractivity contribution is 0.472. The van der Waals surface area contributed by atoms with E-state index < -0.39 is 6.04 Å². The summed E-state index contributed by atoms with van der Waals surface area (Å²) in [6.07, 6.45) is 0. The lowest BCUT2D eigenvalue weighted by Crippen LogP contribution is -2.35. The lowest BCUT2D eigenvalue weighted by Gasteiger charge is -2.38. The van der Waals surface area contributed by atoms with Crippen molar-refractivity contribution < 1.29 is 9.47 Å². The lowest BCUT2D eigenvalue weighted by atomic mass is 9.93. The first-order chi connectivity index (χ1) is 23.6. The fourth-order valence-electron chi connectivity index (χ4n) is 7.37. The maximum atomic E-state index is 6.98. The van der Waals surface area contributed by atoms with Gasteiger partial charge in [0.25, 0.3) is 0 Å². The maximum absolute atomic E-state index is 6.98. The standard InChI is InChI=1S/C44H27O2PS/c48-47-40-21-19-30-15-7-9-17-36(30)42(40)45-38-26-35(27-39(44(38)47)46-43-37-18-10-8-16-31(37)20-22-41(43)47)34-24-32(28-11-3-1-4-12-28)23-33(25-34)29-13-5-2-6-14-29/h1-27H. The number of hydrogen-bond donors (Lipinski definition) is 0. The summed E-state index contributed by atoms with van der Waals surface area (Å²) in [4.78, 5) is 0. The van der Waals surface area contributed by atoms with Gasteiger partial charge < -0.3 is 9.47 Å². The highest BCUT2D eigenvalue weighted by Gasteiger charge is 2.44. The highest BCUT2D eigenvalue weighted by molar-refractivity contribution is 8.26. The molecule has 2 aliphatic rings. The molecule has 0 atom stereocenters.